The molecular formula is C20H20F3N5O4S. The maximum Gasteiger partial charge on any atom is 0.419 e. The number of carbonyl (C=O) groups is 1. The predicted octanol–water partition coefficient (Wildman–Crippen LogP) is 2.29. The van der Waals surface area contributed by atoms with E-state index in [2.05, 4.69) is 20.3 Å². The number of ether oxygens (including phenoxy) is 1. The van der Waals surface area contributed by atoms with E-state index in [1.807, 2.05) is 0 Å². The number of hydrogen-bond acceptors (Lipinski definition) is 8. The molecular weight excluding hydrogens is 463 g/mol. The summed E-state index contributed by atoms with van der Waals surface area (Å²) in [5.74, 6) is -1.21. The molecule has 1 spiro atoms. The standard InChI is InChI=1S/C20H20F3N5O4S/c1-18(2)17(24)28-19(10-33(18,30)31)5-6-32-14-4-3-12(7-13(14)19)27-16(29)15-25-8-11(9-26-15)20(21,22)23/h3-4,7-9H,5-6,10H2,1-2H3,(H2,24,28)(H,27,29)/t19-/m0/s1. The van der Waals surface area contributed by atoms with E-state index >= 15 is 0 Å². The second kappa shape index (κ2) is 7.40. The number of nitrogens with zero attached hydrogens (tertiary/aromatic N) is 3. The highest BCUT2D eigenvalue weighted by Crippen LogP contribution is 2.46. The van der Waals surface area contributed by atoms with Gasteiger partial charge in [-0.25, -0.2) is 18.4 Å². The van der Waals surface area contributed by atoms with Crippen molar-refractivity contribution in [1.29, 1.82) is 0 Å². The van der Waals surface area contributed by atoms with E-state index in [1.54, 1.807) is 6.07 Å². The molecule has 2 aromatic rings. The number of hydrogen-bond donors (Lipinski definition) is 2. The Kier molecular flexibility index (Phi) is 5.15. The van der Waals surface area contributed by atoms with E-state index in [0.717, 1.165) is 0 Å². The molecule has 2 aliphatic heterocycles. The molecule has 0 bridgehead atoms. The molecule has 2 aliphatic rings. The van der Waals surface area contributed by atoms with Crippen LogP contribution in [0.2, 0.25) is 0 Å². The molecule has 13 heteroatoms. The molecule has 176 valence electrons. The van der Waals surface area contributed by atoms with Crippen LogP contribution in [0.25, 0.3) is 0 Å². The van der Waals surface area contributed by atoms with E-state index in [4.69, 9.17) is 10.5 Å². The summed E-state index contributed by atoms with van der Waals surface area (Å²) in [6, 6.07) is 4.58. The molecule has 3 heterocycles. The van der Waals surface area contributed by atoms with Crippen LogP contribution in [-0.2, 0) is 21.6 Å². The molecule has 0 radical (unpaired) electrons. The summed E-state index contributed by atoms with van der Waals surface area (Å²) in [5.41, 5.74) is 4.46. The third kappa shape index (κ3) is 3.90. The molecule has 0 saturated carbocycles. The molecule has 0 fully saturated rings. The van der Waals surface area contributed by atoms with Gasteiger partial charge in [0.2, 0.25) is 5.82 Å². The average Bonchev–Trinajstić information content (AvgIpc) is 2.72. The monoisotopic (exact) mass is 483 g/mol. The van der Waals surface area contributed by atoms with Crippen LogP contribution in [0.1, 0.15) is 42.0 Å². The lowest BCUT2D eigenvalue weighted by Gasteiger charge is -2.42. The minimum Gasteiger partial charge on any atom is -0.493 e. The van der Waals surface area contributed by atoms with Gasteiger partial charge in [-0.05, 0) is 32.0 Å². The first kappa shape index (κ1) is 23.0. The van der Waals surface area contributed by atoms with Crippen LogP contribution in [0, 0.1) is 0 Å². The lowest BCUT2D eigenvalue weighted by atomic mass is 9.85. The highest BCUT2D eigenvalue weighted by molar-refractivity contribution is 7.93. The summed E-state index contributed by atoms with van der Waals surface area (Å²) in [5, 5.41) is 2.51. The van der Waals surface area contributed by atoms with E-state index in [0.29, 0.717) is 23.7 Å². The number of carbonyl (C=O) groups excluding carboxylic acids is 1. The maximum absolute atomic E-state index is 13.0. The highest BCUT2D eigenvalue weighted by Gasteiger charge is 2.52. The van der Waals surface area contributed by atoms with Crippen molar-refractivity contribution in [2.24, 2.45) is 10.7 Å². The van der Waals surface area contributed by atoms with Crippen LogP contribution in [0.4, 0.5) is 18.9 Å². The van der Waals surface area contributed by atoms with Crippen molar-refractivity contribution < 1.29 is 31.1 Å². The van der Waals surface area contributed by atoms with Gasteiger partial charge >= 0.3 is 6.18 Å². The number of aliphatic imine (C=N–C) groups is 1. The van der Waals surface area contributed by atoms with Gasteiger partial charge in [-0.2, -0.15) is 13.2 Å². The number of nitrogens with one attached hydrogen (secondary N) is 1. The third-order valence-corrected chi connectivity index (χ3v) is 8.47. The Morgan fingerprint density at radius 1 is 1.21 bits per heavy atom. The normalized spacial score (nSPS) is 23.2. The SMILES string of the molecule is CC1(C)C(N)=N[C@@]2(CCOc3ccc(NC(=O)c4ncc(C(F)(F)F)cn4)cc32)CS1(=O)=O. The second-order valence-corrected chi connectivity index (χ2v) is 10.9. The molecule has 1 amide bonds. The van der Waals surface area contributed by atoms with Crippen molar-refractivity contribution in [3.63, 3.8) is 0 Å². The molecule has 0 aliphatic carbocycles. The van der Waals surface area contributed by atoms with Crippen LogP contribution in [-0.4, -0.2) is 47.2 Å². The number of rotatable bonds is 2. The van der Waals surface area contributed by atoms with Crippen molar-refractivity contribution >= 4 is 27.3 Å². The summed E-state index contributed by atoms with van der Waals surface area (Å²) < 4.78 is 68.3. The Morgan fingerprint density at radius 3 is 2.48 bits per heavy atom. The number of fused-ring (bicyclic) bond motifs is 2. The number of nitrogens with two attached hydrogens (primary N) is 1. The molecule has 0 unspecified atom stereocenters. The Hall–Kier alpha value is -3.22. The van der Waals surface area contributed by atoms with Crippen molar-refractivity contribution in [3.8, 4) is 5.75 Å². The molecule has 33 heavy (non-hydrogen) atoms. The van der Waals surface area contributed by atoms with Crippen molar-refractivity contribution in [2.45, 2.75) is 36.7 Å². The van der Waals surface area contributed by atoms with Crippen molar-refractivity contribution in [2.75, 3.05) is 17.7 Å². The Morgan fingerprint density at radius 2 is 1.88 bits per heavy atom. The largest absolute Gasteiger partial charge is 0.493 e. The first-order valence-electron chi connectivity index (χ1n) is 9.81. The number of alkyl halides is 3. The second-order valence-electron chi connectivity index (χ2n) is 8.35. The van der Waals surface area contributed by atoms with Gasteiger partial charge in [0.15, 0.2) is 9.84 Å². The highest BCUT2D eigenvalue weighted by atomic mass is 32.2. The average molecular weight is 483 g/mol. The first-order valence-corrected chi connectivity index (χ1v) is 11.5. The van der Waals surface area contributed by atoms with Crippen LogP contribution in [0.3, 0.4) is 0 Å². The molecule has 1 aromatic heterocycles. The Bertz CT molecular complexity index is 1260. The maximum atomic E-state index is 13.0. The molecule has 0 saturated heterocycles. The summed E-state index contributed by atoms with van der Waals surface area (Å²) in [7, 11) is -3.67. The van der Waals surface area contributed by atoms with Gasteiger partial charge < -0.3 is 15.8 Å². The molecule has 1 aromatic carbocycles. The number of aromatic nitrogens is 2. The molecule has 3 N–H and O–H groups in total. The lowest BCUT2D eigenvalue weighted by Crippen LogP contribution is -2.56. The zero-order valence-electron chi connectivity index (χ0n) is 17.6. The van der Waals surface area contributed by atoms with Crippen molar-refractivity contribution in [3.05, 3.63) is 47.5 Å². The smallest absolute Gasteiger partial charge is 0.419 e. The van der Waals surface area contributed by atoms with Crippen LogP contribution >= 0.6 is 0 Å². The fourth-order valence-corrected chi connectivity index (χ4v) is 5.38. The van der Waals surface area contributed by atoms with E-state index in [-0.39, 0.29) is 30.3 Å². The minimum absolute atomic E-state index is 0.0193. The predicted molar refractivity (Wildman–Crippen MR) is 113 cm³/mol. The van der Waals surface area contributed by atoms with Crippen LogP contribution < -0.4 is 15.8 Å². The van der Waals surface area contributed by atoms with Gasteiger partial charge in [-0.1, -0.05) is 0 Å². The number of anilines is 1. The molecule has 1 atom stereocenters. The number of amides is 1. The van der Waals surface area contributed by atoms with E-state index < -0.39 is 43.6 Å². The van der Waals surface area contributed by atoms with Crippen LogP contribution in [0.5, 0.6) is 5.75 Å². The fraction of sp³-hybridized carbons (Fsp3) is 0.400. The summed E-state index contributed by atoms with van der Waals surface area (Å²) in [6.07, 6.45) is -3.33. The number of amidine groups is 1. The van der Waals surface area contributed by atoms with Crippen molar-refractivity contribution in [1.82, 2.24) is 9.97 Å². The van der Waals surface area contributed by atoms with E-state index in [9.17, 15) is 26.4 Å². The van der Waals surface area contributed by atoms with Gasteiger partial charge in [0.25, 0.3) is 5.91 Å². The number of halogens is 3. The van der Waals surface area contributed by atoms with Crippen LogP contribution in [0.15, 0.2) is 35.6 Å². The lowest BCUT2D eigenvalue weighted by molar-refractivity contribution is -0.138. The van der Waals surface area contributed by atoms with Gasteiger partial charge in [-0.15, -0.1) is 0 Å². The summed E-state index contributed by atoms with van der Waals surface area (Å²) >= 11 is 0. The molecule has 9 nitrogen and oxygen atoms in total. The zero-order valence-corrected chi connectivity index (χ0v) is 18.4. The topological polar surface area (TPSA) is 137 Å². The minimum atomic E-state index is -4.63. The van der Waals surface area contributed by atoms with Gasteiger partial charge in [-0.3, -0.25) is 9.79 Å². The van der Waals surface area contributed by atoms with Gasteiger partial charge in [0.1, 0.15) is 21.9 Å². The summed E-state index contributed by atoms with van der Waals surface area (Å²) in [6.45, 7) is 3.22. The zero-order chi connectivity index (χ0) is 24.2. The third-order valence-electron chi connectivity index (χ3n) is 5.85. The first-order chi connectivity index (χ1) is 15.3. The Labute approximate surface area is 187 Å². The quantitative estimate of drug-likeness (QED) is 0.669. The van der Waals surface area contributed by atoms with E-state index in [1.165, 1.54) is 26.0 Å². The van der Waals surface area contributed by atoms with Gasteiger partial charge in [0.05, 0.1) is 17.9 Å². The van der Waals surface area contributed by atoms with Gasteiger partial charge in [0, 0.05) is 30.1 Å². The number of sulfone groups is 1. The summed E-state index contributed by atoms with van der Waals surface area (Å²) in [4.78, 5) is 24.0. The Balaban J connectivity index is 1.67. The molecule has 4 rings (SSSR count). The number of benzene rings is 1. The fourth-order valence-electron chi connectivity index (χ4n) is 3.66.